The third-order valence-corrected chi connectivity index (χ3v) is 4.94. The van der Waals surface area contributed by atoms with Gasteiger partial charge in [-0.2, -0.15) is 5.10 Å². The normalized spacial score (nSPS) is 16.5. The zero-order valence-corrected chi connectivity index (χ0v) is 15.0. The molecule has 0 saturated carbocycles. The first-order valence-corrected chi connectivity index (χ1v) is 8.65. The van der Waals surface area contributed by atoms with Gasteiger partial charge in [0.15, 0.2) is 5.69 Å². The van der Waals surface area contributed by atoms with Crippen molar-refractivity contribution in [3.63, 3.8) is 0 Å². The largest absolute Gasteiger partial charge is 0.349 e. The van der Waals surface area contributed by atoms with E-state index in [1.807, 2.05) is 0 Å². The molecule has 0 unspecified atom stereocenters. The number of hydrogen-bond acceptors (Lipinski definition) is 4. The highest BCUT2D eigenvalue weighted by atomic mass is 35.5. The summed E-state index contributed by atoms with van der Waals surface area (Å²) in [5.74, 6) is -0.0754. The second kappa shape index (κ2) is 7.99. The first-order chi connectivity index (χ1) is 11.8. The number of aromatic nitrogens is 2. The van der Waals surface area contributed by atoms with Crippen LogP contribution in [0.3, 0.4) is 0 Å². The van der Waals surface area contributed by atoms with Crippen LogP contribution in [0.4, 0.5) is 0 Å². The van der Waals surface area contributed by atoms with Crippen LogP contribution >= 0.6 is 12.4 Å². The van der Waals surface area contributed by atoms with Gasteiger partial charge in [0.2, 0.25) is 0 Å². The minimum Gasteiger partial charge on any atom is -0.349 e. The summed E-state index contributed by atoms with van der Waals surface area (Å²) in [5, 5.41) is 13.5. The highest BCUT2D eigenvalue weighted by Crippen LogP contribution is 2.18. The molecule has 3 heterocycles. The van der Waals surface area contributed by atoms with Gasteiger partial charge in [0.1, 0.15) is 0 Å². The Kier molecular flexibility index (Phi) is 5.73. The number of H-pyrrole nitrogens is 1. The molecule has 1 amide bonds. The van der Waals surface area contributed by atoms with E-state index in [-0.39, 0.29) is 18.3 Å². The van der Waals surface area contributed by atoms with E-state index in [0.717, 1.165) is 56.8 Å². The van der Waals surface area contributed by atoms with Gasteiger partial charge in [-0.1, -0.05) is 24.3 Å². The summed E-state index contributed by atoms with van der Waals surface area (Å²) >= 11 is 0. The Balaban J connectivity index is 0.00000182. The molecule has 0 atom stereocenters. The van der Waals surface area contributed by atoms with E-state index in [1.165, 1.54) is 11.1 Å². The van der Waals surface area contributed by atoms with Crippen LogP contribution in [0.1, 0.15) is 32.9 Å². The standard InChI is InChI=1S/C18H23N5O.ClH/c24-18(17-15-11-19-7-5-16(15)21-22-17)20-8-10-23-9-6-13-3-1-2-4-14(13)12-23;/h1-4,19H,5-12H2,(H,20,24)(H,21,22);1H. The van der Waals surface area contributed by atoms with Gasteiger partial charge in [-0.25, -0.2) is 0 Å². The number of nitrogens with zero attached hydrogens (tertiary/aromatic N) is 2. The lowest BCUT2D eigenvalue weighted by atomic mass is 10.00. The average Bonchev–Trinajstić information content (AvgIpc) is 3.06. The summed E-state index contributed by atoms with van der Waals surface area (Å²) in [6.07, 6.45) is 1.99. The summed E-state index contributed by atoms with van der Waals surface area (Å²) in [7, 11) is 0. The number of fused-ring (bicyclic) bond motifs is 2. The Labute approximate surface area is 153 Å². The van der Waals surface area contributed by atoms with Crippen molar-refractivity contribution >= 4 is 18.3 Å². The zero-order valence-electron chi connectivity index (χ0n) is 14.2. The number of carbonyl (C=O) groups excluding carboxylic acids is 1. The predicted molar refractivity (Wildman–Crippen MR) is 99.0 cm³/mol. The topological polar surface area (TPSA) is 73.0 Å². The van der Waals surface area contributed by atoms with Crippen molar-refractivity contribution in [3.05, 3.63) is 52.3 Å². The summed E-state index contributed by atoms with van der Waals surface area (Å²) in [6, 6.07) is 8.61. The van der Waals surface area contributed by atoms with Crippen LogP contribution in [0.2, 0.25) is 0 Å². The van der Waals surface area contributed by atoms with Crippen molar-refractivity contribution in [2.45, 2.75) is 25.9 Å². The van der Waals surface area contributed by atoms with Crippen molar-refractivity contribution in [2.75, 3.05) is 26.2 Å². The van der Waals surface area contributed by atoms with Gasteiger partial charge >= 0.3 is 0 Å². The predicted octanol–water partition coefficient (Wildman–Crippen LogP) is 1.27. The number of carbonyl (C=O) groups is 1. The highest BCUT2D eigenvalue weighted by Gasteiger charge is 2.21. The van der Waals surface area contributed by atoms with Gasteiger partial charge in [-0.05, 0) is 17.5 Å². The van der Waals surface area contributed by atoms with Gasteiger partial charge in [-0.15, -0.1) is 12.4 Å². The minimum absolute atomic E-state index is 0. The van der Waals surface area contributed by atoms with Crippen LogP contribution in [0.15, 0.2) is 24.3 Å². The van der Waals surface area contributed by atoms with Crippen LogP contribution in [0, 0.1) is 0 Å². The quantitative estimate of drug-likeness (QED) is 0.766. The lowest BCUT2D eigenvalue weighted by Crippen LogP contribution is -2.38. The number of hydrogen-bond donors (Lipinski definition) is 3. The van der Waals surface area contributed by atoms with Gasteiger partial charge in [-0.3, -0.25) is 14.8 Å². The van der Waals surface area contributed by atoms with E-state index in [0.29, 0.717) is 12.2 Å². The van der Waals surface area contributed by atoms with E-state index in [1.54, 1.807) is 0 Å². The summed E-state index contributed by atoms with van der Waals surface area (Å²) in [4.78, 5) is 14.8. The van der Waals surface area contributed by atoms with E-state index in [4.69, 9.17) is 0 Å². The summed E-state index contributed by atoms with van der Waals surface area (Å²) in [5.41, 5.74) is 5.51. The minimum atomic E-state index is -0.0754. The van der Waals surface area contributed by atoms with Crippen LogP contribution in [0.5, 0.6) is 0 Å². The second-order valence-corrected chi connectivity index (χ2v) is 6.51. The van der Waals surface area contributed by atoms with Gasteiger partial charge in [0, 0.05) is 56.9 Å². The molecular weight excluding hydrogens is 338 g/mol. The Morgan fingerprint density at radius 2 is 2.08 bits per heavy atom. The summed E-state index contributed by atoms with van der Waals surface area (Å²) < 4.78 is 0. The van der Waals surface area contributed by atoms with Gasteiger partial charge in [0.05, 0.1) is 0 Å². The molecule has 0 fully saturated rings. The maximum Gasteiger partial charge on any atom is 0.272 e. The number of halogens is 1. The molecule has 0 saturated heterocycles. The monoisotopic (exact) mass is 361 g/mol. The molecule has 7 heteroatoms. The van der Waals surface area contributed by atoms with Crippen molar-refractivity contribution in [3.8, 4) is 0 Å². The molecule has 1 aromatic carbocycles. The van der Waals surface area contributed by atoms with Crippen molar-refractivity contribution in [1.29, 1.82) is 0 Å². The molecule has 2 aliphatic rings. The molecule has 4 rings (SSSR count). The number of nitrogens with one attached hydrogen (secondary N) is 3. The third kappa shape index (κ3) is 3.86. The Morgan fingerprint density at radius 1 is 1.24 bits per heavy atom. The molecule has 6 nitrogen and oxygen atoms in total. The molecule has 0 aliphatic carbocycles. The number of rotatable bonds is 4. The lowest BCUT2D eigenvalue weighted by Gasteiger charge is -2.28. The van der Waals surface area contributed by atoms with Crippen molar-refractivity contribution in [2.24, 2.45) is 0 Å². The molecule has 1 aromatic heterocycles. The zero-order chi connectivity index (χ0) is 16.4. The van der Waals surface area contributed by atoms with Crippen molar-refractivity contribution in [1.82, 2.24) is 25.7 Å². The molecule has 3 N–H and O–H groups in total. The maximum absolute atomic E-state index is 12.4. The molecule has 134 valence electrons. The van der Waals surface area contributed by atoms with Crippen LogP contribution in [0.25, 0.3) is 0 Å². The molecule has 0 bridgehead atoms. The van der Waals surface area contributed by atoms with Gasteiger partial charge < -0.3 is 10.6 Å². The van der Waals surface area contributed by atoms with E-state index in [2.05, 4.69) is 50.0 Å². The Bertz CT molecular complexity index is 745. The smallest absolute Gasteiger partial charge is 0.272 e. The fourth-order valence-corrected chi connectivity index (χ4v) is 3.57. The Morgan fingerprint density at radius 3 is 2.96 bits per heavy atom. The third-order valence-electron chi connectivity index (χ3n) is 4.94. The number of aromatic amines is 1. The molecule has 2 aromatic rings. The fraction of sp³-hybridized carbons (Fsp3) is 0.444. The fourth-order valence-electron chi connectivity index (χ4n) is 3.57. The first-order valence-electron chi connectivity index (χ1n) is 8.65. The molecule has 0 spiro atoms. The first kappa shape index (κ1) is 17.9. The second-order valence-electron chi connectivity index (χ2n) is 6.51. The van der Waals surface area contributed by atoms with Crippen LogP contribution < -0.4 is 10.6 Å². The number of benzene rings is 1. The van der Waals surface area contributed by atoms with Gasteiger partial charge in [0.25, 0.3) is 5.91 Å². The SMILES string of the molecule is Cl.O=C(NCCN1CCc2ccccc2C1)c1n[nH]c2c1CNCC2. The number of amides is 1. The van der Waals surface area contributed by atoms with Crippen LogP contribution in [-0.2, 0) is 25.9 Å². The highest BCUT2D eigenvalue weighted by molar-refractivity contribution is 5.94. The molecule has 25 heavy (non-hydrogen) atoms. The van der Waals surface area contributed by atoms with Crippen LogP contribution in [-0.4, -0.2) is 47.2 Å². The molecule has 0 radical (unpaired) electrons. The Hall–Kier alpha value is -1.89. The lowest BCUT2D eigenvalue weighted by molar-refractivity contribution is 0.0941. The summed E-state index contributed by atoms with van der Waals surface area (Å²) in [6.45, 7) is 5.19. The molecule has 2 aliphatic heterocycles. The maximum atomic E-state index is 12.4. The van der Waals surface area contributed by atoms with E-state index >= 15 is 0 Å². The average molecular weight is 362 g/mol. The van der Waals surface area contributed by atoms with E-state index < -0.39 is 0 Å². The molecular formula is C18H24ClN5O. The van der Waals surface area contributed by atoms with E-state index in [9.17, 15) is 4.79 Å². The van der Waals surface area contributed by atoms with Crippen molar-refractivity contribution < 1.29 is 4.79 Å².